The number of benzene rings is 1. The van der Waals surface area contributed by atoms with Gasteiger partial charge in [-0.1, -0.05) is 6.07 Å². The first-order valence-electron chi connectivity index (χ1n) is 10.1. The molecule has 8 nitrogen and oxygen atoms in total. The predicted molar refractivity (Wildman–Crippen MR) is 105 cm³/mol. The Labute approximate surface area is 170 Å². The van der Waals surface area contributed by atoms with Gasteiger partial charge in [0.25, 0.3) is 0 Å². The number of piperidine rings is 1. The van der Waals surface area contributed by atoms with Gasteiger partial charge in [-0.3, -0.25) is 14.5 Å². The lowest BCUT2D eigenvalue weighted by molar-refractivity contribution is -0.142. The van der Waals surface area contributed by atoms with E-state index in [1.54, 1.807) is 14.2 Å². The van der Waals surface area contributed by atoms with Gasteiger partial charge in [-0.05, 0) is 43.4 Å². The SMILES string of the molecule is COc1ccc(CNC(=O)N2C3CCC2CC(N2C(=O)CCC2=O)C3)cc1OC. The van der Waals surface area contributed by atoms with E-state index >= 15 is 0 Å². The molecule has 3 aliphatic heterocycles. The standard InChI is InChI=1S/C21H27N3O5/c1-28-17-6-3-13(9-18(17)29-2)12-22-21(27)23-14-4-5-15(23)11-16(10-14)24-19(25)7-8-20(24)26/h3,6,9,14-16H,4-5,7-8,10-12H2,1-2H3,(H,22,27). The number of rotatable bonds is 5. The Hall–Kier alpha value is -2.77. The summed E-state index contributed by atoms with van der Waals surface area (Å²) in [6.45, 7) is 0.391. The van der Waals surface area contributed by atoms with E-state index in [0.29, 0.717) is 43.7 Å². The summed E-state index contributed by atoms with van der Waals surface area (Å²) in [5.41, 5.74) is 0.923. The van der Waals surface area contributed by atoms with Gasteiger partial charge < -0.3 is 19.7 Å². The van der Waals surface area contributed by atoms with Gasteiger partial charge in [0.2, 0.25) is 11.8 Å². The highest BCUT2D eigenvalue weighted by Gasteiger charge is 2.47. The van der Waals surface area contributed by atoms with Crippen molar-refractivity contribution in [3.63, 3.8) is 0 Å². The van der Waals surface area contributed by atoms with Crippen molar-refractivity contribution in [1.29, 1.82) is 0 Å². The molecule has 2 bridgehead atoms. The van der Waals surface area contributed by atoms with E-state index in [-0.39, 0.29) is 36.0 Å². The van der Waals surface area contributed by atoms with Crippen molar-refractivity contribution in [3.05, 3.63) is 23.8 Å². The molecule has 1 aromatic carbocycles. The minimum Gasteiger partial charge on any atom is -0.493 e. The Morgan fingerprint density at radius 1 is 1.00 bits per heavy atom. The molecule has 3 heterocycles. The summed E-state index contributed by atoms with van der Waals surface area (Å²) < 4.78 is 10.6. The maximum atomic E-state index is 12.9. The average Bonchev–Trinajstić information content (AvgIpc) is 3.20. The third kappa shape index (κ3) is 3.63. The second-order valence-electron chi connectivity index (χ2n) is 7.92. The molecule has 1 N–H and O–H groups in total. The molecule has 0 aliphatic carbocycles. The van der Waals surface area contributed by atoms with E-state index in [0.717, 1.165) is 18.4 Å². The lowest BCUT2D eigenvalue weighted by Gasteiger charge is -2.41. The van der Waals surface area contributed by atoms with Crippen LogP contribution in [0, 0.1) is 0 Å². The third-order valence-electron chi connectivity index (χ3n) is 6.29. The van der Waals surface area contributed by atoms with Crippen LogP contribution in [0.5, 0.6) is 11.5 Å². The number of carbonyl (C=O) groups is 3. The second kappa shape index (κ2) is 7.93. The number of amides is 4. The minimum absolute atomic E-state index is 0.0641. The van der Waals surface area contributed by atoms with Crippen molar-refractivity contribution in [2.24, 2.45) is 0 Å². The number of carbonyl (C=O) groups excluding carboxylic acids is 3. The van der Waals surface area contributed by atoms with Crippen molar-refractivity contribution in [2.45, 2.75) is 63.2 Å². The summed E-state index contributed by atoms with van der Waals surface area (Å²) >= 11 is 0. The number of fused-ring (bicyclic) bond motifs is 2. The Morgan fingerprint density at radius 2 is 1.62 bits per heavy atom. The molecule has 4 amide bonds. The van der Waals surface area contributed by atoms with Gasteiger partial charge in [0.05, 0.1) is 14.2 Å². The Bertz CT molecular complexity index is 797. The molecule has 3 fully saturated rings. The molecule has 0 aromatic heterocycles. The highest BCUT2D eigenvalue weighted by atomic mass is 16.5. The molecule has 29 heavy (non-hydrogen) atoms. The third-order valence-corrected chi connectivity index (χ3v) is 6.29. The highest BCUT2D eigenvalue weighted by Crippen LogP contribution is 2.39. The molecule has 156 valence electrons. The van der Waals surface area contributed by atoms with Crippen LogP contribution < -0.4 is 14.8 Å². The lowest BCUT2D eigenvalue weighted by atomic mass is 9.96. The summed E-state index contributed by atoms with van der Waals surface area (Å²) in [5.74, 6) is 1.14. The molecule has 0 spiro atoms. The molecule has 1 aromatic rings. The fourth-order valence-corrected chi connectivity index (χ4v) is 4.95. The van der Waals surface area contributed by atoms with Gasteiger partial charge >= 0.3 is 6.03 Å². The molecular weight excluding hydrogens is 374 g/mol. The van der Waals surface area contributed by atoms with E-state index in [1.165, 1.54) is 4.90 Å². The van der Waals surface area contributed by atoms with Crippen LogP contribution in [0.3, 0.4) is 0 Å². The number of nitrogens with zero attached hydrogens (tertiary/aromatic N) is 2. The van der Waals surface area contributed by atoms with Crippen LogP contribution in [0.2, 0.25) is 0 Å². The van der Waals surface area contributed by atoms with Crippen molar-refractivity contribution >= 4 is 17.8 Å². The lowest BCUT2D eigenvalue weighted by Crippen LogP contribution is -2.55. The summed E-state index contributed by atoms with van der Waals surface area (Å²) in [6, 6.07) is 5.56. The molecule has 3 aliphatic rings. The van der Waals surface area contributed by atoms with Crippen molar-refractivity contribution in [2.75, 3.05) is 14.2 Å². The van der Waals surface area contributed by atoms with E-state index in [2.05, 4.69) is 5.32 Å². The fourth-order valence-electron chi connectivity index (χ4n) is 4.95. The average molecular weight is 401 g/mol. The smallest absolute Gasteiger partial charge is 0.318 e. The monoisotopic (exact) mass is 401 g/mol. The quantitative estimate of drug-likeness (QED) is 0.763. The number of methoxy groups -OCH3 is 2. The van der Waals surface area contributed by atoms with E-state index in [1.807, 2.05) is 23.1 Å². The predicted octanol–water partition coefficient (Wildman–Crippen LogP) is 2.06. The van der Waals surface area contributed by atoms with Crippen LogP contribution >= 0.6 is 0 Å². The Balaban J connectivity index is 1.38. The Kier molecular flexibility index (Phi) is 5.34. The van der Waals surface area contributed by atoms with Gasteiger partial charge in [-0.2, -0.15) is 0 Å². The summed E-state index contributed by atoms with van der Waals surface area (Å²) in [6.07, 6.45) is 3.83. The van der Waals surface area contributed by atoms with E-state index in [4.69, 9.17) is 9.47 Å². The van der Waals surface area contributed by atoms with Crippen LogP contribution in [-0.2, 0) is 16.1 Å². The van der Waals surface area contributed by atoms with Crippen molar-refractivity contribution in [1.82, 2.24) is 15.1 Å². The highest BCUT2D eigenvalue weighted by molar-refractivity contribution is 6.02. The van der Waals surface area contributed by atoms with E-state index < -0.39 is 0 Å². The number of urea groups is 1. The molecule has 0 saturated carbocycles. The number of likely N-dealkylation sites (tertiary alicyclic amines) is 1. The van der Waals surface area contributed by atoms with Gasteiger partial charge in [-0.15, -0.1) is 0 Å². The number of imide groups is 1. The Morgan fingerprint density at radius 3 is 2.21 bits per heavy atom. The van der Waals surface area contributed by atoms with Gasteiger partial charge in [0.15, 0.2) is 11.5 Å². The first-order valence-corrected chi connectivity index (χ1v) is 10.1. The zero-order valence-electron chi connectivity index (χ0n) is 16.8. The first kappa shape index (κ1) is 19.5. The maximum absolute atomic E-state index is 12.9. The van der Waals surface area contributed by atoms with Crippen LogP contribution in [0.4, 0.5) is 4.79 Å². The summed E-state index contributed by atoms with van der Waals surface area (Å²) in [5, 5.41) is 3.00. The molecule has 4 rings (SSSR count). The second-order valence-corrected chi connectivity index (χ2v) is 7.92. The maximum Gasteiger partial charge on any atom is 0.318 e. The van der Waals surface area contributed by atoms with Gasteiger partial charge in [0.1, 0.15) is 0 Å². The number of nitrogens with one attached hydrogen (secondary N) is 1. The molecule has 2 unspecified atom stereocenters. The van der Waals surface area contributed by atoms with E-state index in [9.17, 15) is 14.4 Å². The van der Waals surface area contributed by atoms with Crippen LogP contribution in [0.15, 0.2) is 18.2 Å². The van der Waals surface area contributed by atoms with Crippen LogP contribution in [0.1, 0.15) is 44.1 Å². The van der Waals surface area contributed by atoms with Gasteiger partial charge in [-0.25, -0.2) is 4.79 Å². The topological polar surface area (TPSA) is 88.2 Å². The van der Waals surface area contributed by atoms with Crippen LogP contribution in [-0.4, -0.2) is 60.0 Å². The molecule has 2 atom stereocenters. The summed E-state index contributed by atoms with van der Waals surface area (Å²) in [7, 11) is 3.17. The fraction of sp³-hybridized carbons (Fsp3) is 0.571. The molecular formula is C21H27N3O5. The largest absolute Gasteiger partial charge is 0.493 e. The number of ether oxygens (including phenoxy) is 2. The molecule has 3 saturated heterocycles. The minimum atomic E-state index is -0.0928. The molecule has 0 radical (unpaired) electrons. The number of hydrogen-bond acceptors (Lipinski definition) is 5. The number of hydrogen-bond donors (Lipinski definition) is 1. The zero-order chi connectivity index (χ0) is 20.5. The van der Waals surface area contributed by atoms with Crippen molar-refractivity contribution < 1.29 is 23.9 Å². The van der Waals surface area contributed by atoms with Gasteiger partial charge in [0, 0.05) is 37.5 Å². The molecule has 8 heteroatoms. The zero-order valence-corrected chi connectivity index (χ0v) is 16.8. The normalized spacial score (nSPS) is 26.1. The summed E-state index contributed by atoms with van der Waals surface area (Å²) in [4.78, 5) is 40.4. The van der Waals surface area contributed by atoms with Crippen molar-refractivity contribution in [3.8, 4) is 11.5 Å². The van der Waals surface area contributed by atoms with Crippen LogP contribution in [0.25, 0.3) is 0 Å². The first-order chi connectivity index (χ1) is 14.0.